The number of rotatable bonds is 5. The van der Waals surface area contributed by atoms with Crippen LogP contribution in [0, 0.1) is 0 Å². The number of hydrazone groups is 1. The third kappa shape index (κ3) is 4.11. The summed E-state index contributed by atoms with van der Waals surface area (Å²) in [6.45, 7) is 1.72. The molecule has 3 N–H and O–H groups in total. The van der Waals surface area contributed by atoms with Gasteiger partial charge in [0.25, 0.3) is 5.91 Å². The molecule has 2 heterocycles. The van der Waals surface area contributed by atoms with Crippen LogP contribution in [0.3, 0.4) is 0 Å². The first-order chi connectivity index (χ1) is 15.0. The highest BCUT2D eigenvalue weighted by Crippen LogP contribution is 2.25. The third-order valence-corrected chi connectivity index (χ3v) is 5.03. The predicted octanol–water partition coefficient (Wildman–Crippen LogP) is 3.36. The fourth-order valence-corrected chi connectivity index (χ4v) is 3.03. The molecule has 12 heteroatoms. The summed E-state index contributed by atoms with van der Waals surface area (Å²) in [5.74, 6) is -0.607. The van der Waals surface area contributed by atoms with Crippen molar-refractivity contribution in [3.63, 3.8) is 0 Å². The van der Waals surface area contributed by atoms with Crippen molar-refractivity contribution in [1.29, 1.82) is 0 Å². The number of nitrogens with zero attached hydrogens (tertiary/aromatic N) is 6. The summed E-state index contributed by atoms with van der Waals surface area (Å²) in [4.78, 5) is 13.1. The highest BCUT2D eigenvalue weighted by Gasteiger charge is 2.26. The number of benzene rings is 2. The zero-order valence-electron chi connectivity index (χ0n) is 16.0. The Hall–Kier alpha value is -3.76. The number of aromatic nitrogens is 5. The molecule has 0 radical (unpaired) electrons. The maximum atomic E-state index is 13.1. The van der Waals surface area contributed by atoms with Crippen molar-refractivity contribution in [2.75, 3.05) is 5.73 Å². The fourth-order valence-electron chi connectivity index (χ4n) is 2.74. The lowest BCUT2D eigenvalue weighted by molar-refractivity contribution is 0.0947. The van der Waals surface area contributed by atoms with Crippen molar-refractivity contribution in [2.45, 2.75) is 6.92 Å². The van der Waals surface area contributed by atoms with E-state index in [0.717, 1.165) is 4.68 Å². The Morgan fingerprint density at radius 2 is 1.90 bits per heavy atom. The first-order valence-corrected chi connectivity index (χ1v) is 9.61. The molecule has 0 saturated carbocycles. The van der Waals surface area contributed by atoms with E-state index in [1.54, 1.807) is 37.3 Å². The molecule has 0 bridgehead atoms. The summed E-state index contributed by atoms with van der Waals surface area (Å²) in [7, 11) is 0. The lowest BCUT2D eigenvalue weighted by Gasteiger charge is -2.07. The van der Waals surface area contributed by atoms with Crippen LogP contribution in [0.2, 0.25) is 10.0 Å². The number of hydrogen-bond donors (Lipinski definition) is 2. The highest BCUT2D eigenvalue weighted by molar-refractivity contribution is 6.42. The summed E-state index contributed by atoms with van der Waals surface area (Å²) < 4.78 is 5.78. The van der Waals surface area contributed by atoms with E-state index >= 15 is 0 Å². The van der Waals surface area contributed by atoms with Gasteiger partial charge in [0.2, 0.25) is 11.6 Å². The Balaban J connectivity index is 1.71. The van der Waals surface area contributed by atoms with E-state index in [2.05, 4.69) is 35.8 Å². The molecule has 0 saturated heterocycles. The minimum atomic E-state index is -0.592. The Labute approximate surface area is 185 Å². The largest absolute Gasteiger partial charge is 0.378 e. The summed E-state index contributed by atoms with van der Waals surface area (Å²) in [5, 5.41) is 20.3. The van der Waals surface area contributed by atoms with Crippen molar-refractivity contribution >= 4 is 40.6 Å². The standard InChI is InChI=1S/C19H14Cl2N8O2/c1-10(12-7-8-13(20)14(21)9-12)23-25-19(30)16-15(11-5-3-2-4-6-11)24-28-29(16)18-17(22)26-31-27-18/h2-9H,1H3,(H2,22,26)(H,25,30)/b23-10-. The summed E-state index contributed by atoms with van der Waals surface area (Å²) >= 11 is 12.0. The minimum absolute atomic E-state index is 0.0324. The van der Waals surface area contributed by atoms with Crippen LogP contribution < -0.4 is 11.2 Å². The second-order valence-corrected chi connectivity index (χ2v) is 7.12. The number of halogens is 2. The van der Waals surface area contributed by atoms with E-state index in [-0.39, 0.29) is 17.3 Å². The van der Waals surface area contributed by atoms with Crippen LogP contribution in [0.1, 0.15) is 23.0 Å². The number of hydrogen-bond acceptors (Lipinski definition) is 8. The van der Waals surface area contributed by atoms with Crippen LogP contribution in [0.25, 0.3) is 17.1 Å². The number of amides is 1. The van der Waals surface area contributed by atoms with Crippen LogP contribution in [0.15, 0.2) is 58.3 Å². The minimum Gasteiger partial charge on any atom is -0.378 e. The molecule has 4 rings (SSSR count). The molecule has 10 nitrogen and oxygen atoms in total. The molecule has 1 amide bonds. The van der Waals surface area contributed by atoms with Gasteiger partial charge < -0.3 is 5.73 Å². The Morgan fingerprint density at radius 3 is 2.58 bits per heavy atom. The number of nitrogens with one attached hydrogen (secondary N) is 1. The Morgan fingerprint density at radius 1 is 1.13 bits per heavy atom. The van der Waals surface area contributed by atoms with Gasteiger partial charge in [0.1, 0.15) is 5.69 Å². The van der Waals surface area contributed by atoms with Crippen LogP contribution in [0.5, 0.6) is 0 Å². The summed E-state index contributed by atoms with van der Waals surface area (Å²) in [6, 6.07) is 14.1. The predicted molar refractivity (Wildman–Crippen MR) is 115 cm³/mol. The van der Waals surface area contributed by atoms with Crippen molar-refractivity contribution in [1.82, 2.24) is 30.7 Å². The van der Waals surface area contributed by atoms with E-state index in [1.807, 2.05) is 18.2 Å². The Bertz CT molecular complexity index is 1280. The van der Waals surface area contributed by atoms with Gasteiger partial charge in [-0.2, -0.15) is 9.78 Å². The van der Waals surface area contributed by atoms with Gasteiger partial charge in [0, 0.05) is 5.56 Å². The molecular formula is C19H14Cl2N8O2. The monoisotopic (exact) mass is 456 g/mol. The van der Waals surface area contributed by atoms with Crippen LogP contribution in [-0.4, -0.2) is 36.9 Å². The molecule has 4 aromatic rings. The quantitative estimate of drug-likeness (QED) is 0.346. The number of nitrogens with two attached hydrogens (primary N) is 1. The van der Waals surface area contributed by atoms with E-state index < -0.39 is 5.91 Å². The number of anilines is 1. The zero-order chi connectivity index (χ0) is 22.0. The van der Waals surface area contributed by atoms with E-state index in [0.29, 0.717) is 32.6 Å². The van der Waals surface area contributed by atoms with E-state index in [1.165, 1.54) is 0 Å². The van der Waals surface area contributed by atoms with Crippen LogP contribution >= 0.6 is 23.2 Å². The molecule has 0 unspecified atom stereocenters. The maximum Gasteiger partial charge on any atom is 0.292 e. The van der Waals surface area contributed by atoms with Crippen molar-refractivity contribution in [2.24, 2.45) is 5.10 Å². The topological polar surface area (TPSA) is 137 Å². The van der Waals surface area contributed by atoms with Crippen molar-refractivity contribution in [3.05, 3.63) is 69.8 Å². The second-order valence-electron chi connectivity index (χ2n) is 6.30. The summed E-state index contributed by atoms with van der Waals surface area (Å²) in [6.07, 6.45) is 0. The molecule has 0 aliphatic heterocycles. The fraction of sp³-hybridized carbons (Fsp3) is 0.0526. The van der Waals surface area contributed by atoms with Crippen LogP contribution in [0.4, 0.5) is 5.82 Å². The van der Waals surface area contributed by atoms with Gasteiger partial charge in [-0.25, -0.2) is 10.1 Å². The normalized spacial score (nSPS) is 11.5. The lowest BCUT2D eigenvalue weighted by Crippen LogP contribution is -2.23. The van der Waals surface area contributed by atoms with E-state index in [4.69, 9.17) is 28.9 Å². The molecule has 0 spiro atoms. The third-order valence-electron chi connectivity index (χ3n) is 4.29. The first kappa shape index (κ1) is 20.5. The summed E-state index contributed by atoms with van der Waals surface area (Å²) in [5.41, 5.74) is 10.5. The Kier molecular flexibility index (Phi) is 5.65. The van der Waals surface area contributed by atoms with Gasteiger partial charge in [0.15, 0.2) is 5.69 Å². The van der Waals surface area contributed by atoms with Gasteiger partial charge in [0.05, 0.1) is 15.8 Å². The van der Waals surface area contributed by atoms with Gasteiger partial charge >= 0.3 is 0 Å². The highest BCUT2D eigenvalue weighted by atomic mass is 35.5. The number of carbonyl (C=O) groups excluding carboxylic acids is 1. The van der Waals surface area contributed by atoms with Crippen molar-refractivity contribution in [3.8, 4) is 17.1 Å². The average Bonchev–Trinajstić information content (AvgIpc) is 3.40. The van der Waals surface area contributed by atoms with Gasteiger partial charge in [-0.1, -0.05) is 64.8 Å². The van der Waals surface area contributed by atoms with Crippen molar-refractivity contribution < 1.29 is 9.42 Å². The maximum absolute atomic E-state index is 13.1. The van der Waals surface area contributed by atoms with Gasteiger partial charge in [-0.15, -0.1) is 5.10 Å². The van der Waals surface area contributed by atoms with E-state index in [9.17, 15) is 4.79 Å². The molecule has 0 aliphatic carbocycles. The SMILES string of the molecule is C/C(=N/NC(=O)c1c(-c2ccccc2)nnn1-c1nonc1N)c1ccc(Cl)c(Cl)c1. The van der Waals surface area contributed by atoms with Crippen LogP contribution in [-0.2, 0) is 0 Å². The molecule has 0 atom stereocenters. The molecule has 2 aromatic heterocycles. The molecular weight excluding hydrogens is 443 g/mol. The molecule has 0 aliphatic rings. The average molecular weight is 457 g/mol. The molecule has 31 heavy (non-hydrogen) atoms. The molecule has 2 aromatic carbocycles. The van der Waals surface area contributed by atoms with Gasteiger partial charge in [-0.05, 0) is 34.9 Å². The number of carbonyl (C=O) groups is 1. The smallest absolute Gasteiger partial charge is 0.292 e. The zero-order valence-corrected chi connectivity index (χ0v) is 17.5. The lowest BCUT2D eigenvalue weighted by atomic mass is 10.1. The van der Waals surface area contributed by atoms with Gasteiger partial charge in [-0.3, -0.25) is 4.79 Å². The first-order valence-electron chi connectivity index (χ1n) is 8.85. The second kappa shape index (κ2) is 8.54. The number of nitrogen functional groups attached to an aromatic ring is 1. The molecule has 156 valence electrons. The molecule has 0 fully saturated rings.